The zero-order chi connectivity index (χ0) is 25.3. The molecule has 0 spiro atoms. The summed E-state index contributed by atoms with van der Waals surface area (Å²) in [6.07, 6.45) is 1.45. The summed E-state index contributed by atoms with van der Waals surface area (Å²) in [4.78, 5) is 45.7. The van der Waals surface area contributed by atoms with Crippen LogP contribution in [0.1, 0.15) is 35.2 Å². The molecule has 2 aliphatic heterocycles. The highest BCUT2D eigenvalue weighted by atomic mass is 35.5. The molecule has 0 aromatic carbocycles. The van der Waals surface area contributed by atoms with Crippen molar-refractivity contribution < 1.29 is 9.21 Å². The van der Waals surface area contributed by atoms with Gasteiger partial charge in [-0.1, -0.05) is 0 Å². The fraction of sp³-hybridized carbons (Fsp3) is 0.417. The first-order chi connectivity index (χ1) is 17.2. The zero-order valence-corrected chi connectivity index (χ0v) is 22.4. The van der Waals surface area contributed by atoms with Gasteiger partial charge in [-0.2, -0.15) is 0 Å². The highest BCUT2D eigenvalue weighted by Gasteiger charge is 2.39. The van der Waals surface area contributed by atoms with Gasteiger partial charge >= 0.3 is 5.69 Å². The van der Waals surface area contributed by atoms with E-state index >= 15 is 0 Å². The SMILES string of the molecule is Cc1csc(-c2c3c(=O)n(C)c(=O)n(C)c3c3n2C[C@H](CN2CCCC2=O)S[C@@H]3c2ccc(Cl)o2)n1. The number of likely N-dealkylation sites (tertiary alicyclic amines) is 1. The molecule has 2 aliphatic rings. The maximum absolute atomic E-state index is 13.6. The molecule has 0 radical (unpaired) electrons. The summed E-state index contributed by atoms with van der Waals surface area (Å²) in [7, 11) is 3.19. The van der Waals surface area contributed by atoms with Crippen LogP contribution in [-0.4, -0.2) is 47.8 Å². The number of aromatic nitrogens is 4. The lowest BCUT2D eigenvalue weighted by Crippen LogP contribution is -2.37. The van der Waals surface area contributed by atoms with Crippen LogP contribution >= 0.6 is 34.7 Å². The summed E-state index contributed by atoms with van der Waals surface area (Å²) in [6.45, 7) is 3.83. The van der Waals surface area contributed by atoms with Crippen LogP contribution in [0.25, 0.3) is 21.6 Å². The minimum Gasteiger partial charge on any atom is -0.448 e. The fourth-order valence-electron chi connectivity index (χ4n) is 5.30. The van der Waals surface area contributed by atoms with Crippen molar-refractivity contribution in [3.8, 4) is 10.7 Å². The van der Waals surface area contributed by atoms with Crippen molar-refractivity contribution >= 4 is 51.5 Å². The molecule has 4 aromatic rings. The molecule has 2 atom stereocenters. The molecule has 12 heteroatoms. The molecule has 188 valence electrons. The molecular formula is C24H24ClN5O4S2. The lowest BCUT2D eigenvalue weighted by molar-refractivity contribution is -0.127. The summed E-state index contributed by atoms with van der Waals surface area (Å²) in [5.74, 6) is 0.807. The highest BCUT2D eigenvalue weighted by Crippen LogP contribution is 2.49. The Morgan fingerprint density at radius 2 is 2.00 bits per heavy atom. The summed E-state index contributed by atoms with van der Waals surface area (Å²) < 4.78 is 10.7. The molecule has 0 bridgehead atoms. The maximum Gasteiger partial charge on any atom is 0.331 e. The van der Waals surface area contributed by atoms with Crippen LogP contribution in [0.4, 0.5) is 0 Å². The van der Waals surface area contributed by atoms with Crippen molar-refractivity contribution in [1.82, 2.24) is 23.6 Å². The molecule has 6 heterocycles. The minimum atomic E-state index is -0.395. The zero-order valence-electron chi connectivity index (χ0n) is 20.0. The number of hydrogen-bond acceptors (Lipinski definition) is 7. The molecule has 4 aromatic heterocycles. The Balaban J connectivity index is 1.65. The maximum atomic E-state index is 13.6. The van der Waals surface area contributed by atoms with Crippen molar-refractivity contribution in [2.75, 3.05) is 13.1 Å². The number of fused-ring (bicyclic) bond motifs is 3. The van der Waals surface area contributed by atoms with Gasteiger partial charge < -0.3 is 13.9 Å². The normalized spacial score (nSPS) is 20.0. The lowest BCUT2D eigenvalue weighted by Gasteiger charge is -2.33. The van der Waals surface area contributed by atoms with Crippen LogP contribution in [0.3, 0.4) is 0 Å². The third-order valence-corrected chi connectivity index (χ3v) is 9.52. The van der Waals surface area contributed by atoms with Gasteiger partial charge in [-0.25, -0.2) is 9.78 Å². The quantitative estimate of drug-likeness (QED) is 0.389. The van der Waals surface area contributed by atoms with Crippen LogP contribution in [0.2, 0.25) is 5.22 Å². The third kappa shape index (κ3) is 3.59. The molecule has 9 nitrogen and oxygen atoms in total. The van der Waals surface area contributed by atoms with Gasteiger partial charge in [-0.15, -0.1) is 23.1 Å². The average Bonchev–Trinajstić information content (AvgIpc) is 3.63. The van der Waals surface area contributed by atoms with E-state index in [9.17, 15) is 14.4 Å². The molecule has 36 heavy (non-hydrogen) atoms. The Labute approximate surface area is 219 Å². The van der Waals surface area contributed by atoms with Crippen molar-refractivity contribution in [2.24, 2.45) is 14.1 Å². The van der Waals surface area contributed by atoms with Crippen LogP contribution in [0, 0.1) is 6.92 Å². The largest absolute Gasteiger partial charge is 0.448 e. The van der Waals surface area contributed by atoms with E-state index in [0.29, 0.717) is 41.9 Å². The van der Waals surface area contributed by atoms with E-state index in [0.717, 1.165) is 33.9 Å². The second kappa shape index (κ2) is 8.67. The fourth-order valence-corrected chi connectivity index (χ4v) is 7.82. The Bertz CT molecular complexity index is 1640. The molecule has 0 saturated carbocycles. The van der Waals surface area contributed by atoms with Crippen molar-refractivity contribution in [3.63, 3.8) is 0 Å². The number of rotatable bonds is 4. The van der Waals surface area contributed by atoms with Gasteiger partial charge in [0.05, 0.1) is 22.3 Å². The Hall–Kier alpha value is -2.76. The molecule has 0 N–H and O–H groups in total. The first-order valence-electron chi connectivity index (χ1n) is 11.7. The molecule has 0 unspecified atom stereocenters. The van der Waals surface area contributed by atoms with E-state index in [4.69, 9.17) is 21.0 Å². The number of carbonyl (C=O) groups excluding carboxylic acids is 1. The van der Waals surface area contributed by atoms with E-state index in [1.165, 1.54) is 23.0 Å². The third-order valence-electron chi connectivity index (χ3n) is 6.94. The highest BCUT2D eigenvalue weighted by molar-refractivity contribution is 8.00. The first kappa shape index (κ1) is 23.6. The number of carbonyl (C=O) groups is 1. The summed E-state index contributed by atoms with van der Waals surface area (Å²) in [6, 6.07) is 3.53. The van der Waals surface area contributed by atoms with Crippen molar-refractivity contribution in [1.29, 1.82) is 0 Å². The van der Waals surface area contributed by atoms with Crippen LogP contribution < -0.4 is 11.2 Å². The lowest BCUT2D eigenvalue weighted by atomic mass is 10.2. The van der Waals surface area contributed by atoms with Crippen LogP contribution in [0.15, 0.2) is 31.5 Å². The summed E-state index contributed by atoms with van der Waals surface area (Å²) in [5, 5.41) is 3.11. The molecule has 1 saturated heterocycles. The number of hydrogen-bond donors (Lipinski definition) is 0. The minimum absolute atomic E-state index is 0.0379. The monoisotopic (exact) mass is 545 g/mol. The van der Waals surface area contributed by atoms with Crippen molar-refractivity contribution in [2.45, 2.75) is 36.8 Å². The second-order valence-electron chi connectivity index (χ2n) is 9.29. The summed E-state index contributed by atoms with van der Waals surface area (Å²) in [5.41, 5.74) is 2.20. The predicted octanol–water partition coefficient (Wildman–Crippen LogP) is 3.54. The van der Waals surface area contributed by atoms with E-state index in [-0.39, 0.29) is 27.2 Å². The Kier molecular flexibility index (Phi) is 5.69. The smallest absolute Gasteiger partial charge is 0.331 e. The second-order valence-corrected chi connectivity index (χ2v) is 11.9. The Morgan fingerprint density at radius 1 is 1.19 bits per heavy atom. The number of furan rings is 1. The molecule has 0 aliphatic carbocycles. The van der Waals surface area contributed by atoms with Gasteiger partial charge in [0.2, 0.25) is 5.91 Å². The number of aryl methyl sites for hydroxylation is 2. The van der Waals surface area contributed by atoms with Gasteiger partial charge in [0.25, 0.3) is 5.56 Å². The first-order valence-corrected chi connectivity index (χ1v) is 13.9. The molecular weight excluding hydrogens is 522 g/mol. The van der Waals surface area contributed by atoms with E-state index in [1.54, 1.807) is 24.9 Å². The van der Waals surface area contributed by atoms with Crippen molar-refractivity contribution in [3.05, 3.63) is 60.7 Å². The number of halogens is 1. The van der Waals surface area contributed by atoms with Gasteiger partial charge in [0.15, 0.2) is 5.22 Å². The van der Waals surface area contributed by atoms with Gasteiger partial charge in [0.1, 0.15) is 16.0 Å². The Morgan fingerprint density at radius 3 is 2.64 bits per heavy atom. The van der Waals surface area contributed by atoms with Gasteiger partial charge in [-0.05, 0) is 37.1 Å². The topological polar surface area (TPSA) is 95.3 Å². The summed E-state index contributed by atoms with van der Waals surface area (Å²) >= 11 is 9.32. The van der Waals surface area contributed by atoms with E-state index < -0.39 is 5.69 Å². The predicted molar refractivity (Wildman–Crippen MR) is 141 cm³/mol. The molecule has 6 rings (SSSR count). The number of amides is 1. The van der Waals surface area contributed by atoms with Crippen LogP contribution in [0.5, 0.6) is 0 Å². The number of thioether (sulfide) groups is 1. The van der Waals surface area contributed by atoms with Gasteiger partial charge in [-0.3, -0.25) is 18.7 Å². The number of thiazole rings is 1. The van der Waals surface area contributed by atoms with E-state index in [2.05, 4.69) is 4.57 Å². The number of nitrogens with zero attached hydrogens (tertiary/aromatic N) is 5. The van der Waals surface area contributed by atoms with E-state index in [1.807, 2.05) is 23.3 Å². The standard InChI is InChI=1S/C24H24ClN5O4S2/c1-12-11-35-22(26-12)19-17-18(27(2)24(33)28(3)23(17)32)20-21(14-6-7-15(25)34-14)36-13(10-30(19)20)9-29-8-4-5-16(29)31/h6-7,11,13,21H,4-5,8-10H2,1-3H3/t13-,21+/m0/s1. The molecule has 1 fully saturated rings. The molecule has 1 amide bonds. The van der Waals surface area contributed by atoms with Gasteiger partial charge in [0, 0.05) is 56.5 Å². The van der Waals surface area contributed by atoms with Crippen LogP contribution in [-0.2, 0) is 25.4 Å². The average molecular weight is 546 g/mol.